The molecule has 162 valence electrons. The van der Waals surface area contributed by atoms with Gasteiger partial charge in [0.1, 0.15) is 26.2 Å². The monoisotopic (exact) mass is 410 g/mol. The van der Waals surface area contributed by atoms with Crippen LogP contribution in [0.15, 0.2) is 24.3 Å². The number of aromatic nitrogens is 4. The van der Waals surface area contributed by atoms with Gasteiger partial charge in [-0.15, -0.1) is 5.10 Å². The van der Waals surface area contributed by atoms with E-state index in [1.165, 1.54) is 95.1 Å². The van der Waals surface area contributed by atoms with Crippen LogP contribution in [0.2, 0.25) is 0 Å². The molecular weight excluding hydrogens is 372 g/mol. The van der Waals surface area contributed by atoms with Crippen LogP contribution in [-0.2, 0) is 0 Å². The van der Waals surface area contributed by atoms with Gasteiger partial charge in [0.25, 0.3) is 0 Å². The summed E-state index contributed by atoms with van der Waals surface area (Å²) in [5, 5.41) is 13.3. The number of hydrogen-bond donors (Lipinski definition) is 2. The van der Waals surface area contributed by atoms with Crippen LogP contribution in [0.4, 0.5) is 0 Å². The van der Waals surface area contributed by atoms with Crippen LogP contribution in [0, 0.1) is 6.92 Å². The molecule has 2 aliphatic carbocycles. The lowest BCUT2D eigenvalue weighted by molar-refractivity contribution is -1.03. The van der Waals surface area contributed by atoms with Crippen molar-refractivity contribution in [3.8, 4) is 0 Å². The molecule has 1 aliphatic heterocycles. The number of nitrogens with one attached hydrogen (secondary N) is 2. The van der Waals surface area contributed by atoms with Gasteiger partial charge in [-0.05, 0) is 55.9 Å². The highest BCUT2D eigenvalue weighted by molar-refractivity contribution is 5.26. The molecule has 2 heterocycles. The second-order valence-corrected chi connectivity index (χ2v) is 9.92. The third kappa shape index (κ3) is 4.17. The molecule has 0 unspecified atom stereocenters. The first-order valence-corrected chi connectivity index (χ1v) is 12.3. The van der Waals surface area contributed by atoms with Gasteiger partial charge in [0.2, 0.25) is 5.82 Å². The highest BCUT2D eigenvalue weighted by Gasteiger charge is 2.38. The van der Waals surface area contributed by atoms with E-state index in [0.717, 1.165) is 11.9 Å². The molecule has 2 aromatic rings. The maximum absolute atomic E-state index is 4.64. The number of quaternary nitrogens is 2. The van der Waals surface area contributed by atoms with E-state index in [4.69, 9.17) is 0 Å². The average Bonchev–Trinajstić information content (AvgIpc) is 3.49. The number of benzene rings is 1. The van der Waals surface area contributed by atoms with Crippen molar-refractivity contribution in [1.29, 1.82) is 0 Å². The largest absolute Gasteiger partial charge is 0.323 e. The second-order valence-electron chi connectivity index (χ2n) is 9.92. The Hall–Kier alpha value is -1.79. The first-order chi connectivity index (χ1) is 14.8. The minimum atomic E-state index is 0.243. The van der Waals surface area contributed by atoms with Crippen LogP contribution in [0.5, 0.6) is 0 Å². The van der Waals surface area contributed by atoms with E-state index in [0.29, 0.717) is 6.04 Å². The molecule has 1 aromatic carbocycles. The minimum absolute atomic E-state index is 0.243. The van der Waals surface area contributed by atoms with Gasteiger partial charge in [-0.1, -0.05) is 49.1 Å². The standard InChI is InChI=1S/C24H36N6/c1-19-11-13-20(14-12-19)23(24-25-26-27-30(24)22-9-3-2-4-10-22)29-17-15-28(16-18-29)21-7-5-6-8-21/h11-14,21-23H,2-10,15-18H2,1H3/p+2/t23-/m1/s1. The maximum Gasteiger partial charge on any atom is 0.214 e. The average molecular weight is 411 g/mol. The fourth-order valence-electron chi connectivity index (χ4n) is 6.23. The van der Waals surface area contributed by atoms with Crippen LogP contribution in [0.1, 0.15) is 86.8 Å². The van der Waals surface area contributed by atoms with Crippen molar-refractivity contribution in [3.05, 3.63) is 41.2 Å². The lowest BCUT2D eigenvalue weighted by Gasteiger charge is -2.37. The Balaban J connectivity index is 1.41. The number of hydrogen-bond acceptors (Lipinski definition) is 3. The lowest BCUT2D eigenvalue weighted by Crippen LogP contribution is -3.29. The lowest BCUT2D eigenvalue weighted by atomic mass is 9.95. The summed E-state index contributed by atoms with van der Waals surface area (Å²) >= 11 is 0. The van der Waals surface area contributed by atoms with Crippen molar-refractivity contribution in [3.63, 3.8) is 0 Å². The third-order valence-electron chi connectivity index (χ3n) is 7.98. The van der Waals surface area contributed by atoms with Crippen LogP contribution in [0.3, 0.4) is 0 Å². The van der Waals surface area contributed by atoms with E-state index >= 15 is 0 Å². The summed E-state index contributed by atoms with van der Waals surface area (Å²) < 4.78 is 2.20. The number of aryl methyl sites for hydroxylation is 1. The van der Waals surface area contributed by atoms with Crippen molar-refractivity contribution < 1.29 is 9.80 Å². The molecule has 0 bridgehead atoms. The Morgan fingerprint density at radius 2 is 1.53 bits per heavy atom. The molecule has 1 aromatic heterocycles. The van der Waals surface area contributed by atoms with E-state index in [1.807, 2.05) is 4.90 Å². The topological polar surface area (TPSA) is 52.5 Å². The predicted molar refractivity (Wildman–Crippen MR) is 117 cm³/mol. The van der Waals surface area contributed by atoms with Crippen LogP contribution in [0.25, 0.3) is 0 Å². The van der Waals surface area contributed by atoms with Gasteiger partial charge < -0.3 is 9.80 Å². The van der Waals surface area contributed by atoms with Gasteiger partial charge in [0.05, 0.1) is 12.1 Å². The molecule has 1 saturated heterocycles. The zero-order valence-electron chi connectivity index (χ0n) is 18.5. The van der Waals surface area contributed by atoms with Crippen LogP contribution in [-0.4, -0.2) is 52.4 Å². The SMILES string of the molecule is Cc1ccc([C@H](c2nnnn2C2CCCCC2)[NH+]2CC[NH+](C3CCCC3)CC2)cc1. The molecule has 6 nitrogen and oxygen atoms in total. The summed E-state index contributed by atoms with van der Waals surface area (Å²) in [6.45, 7) is 7.16. The van der Waals surface area contributed by atoms with Crippen molar-refractivity contribution >= 4 is 0 Å². The summed E-state index contributed by atoms with van der Waals surface area (Å²) in [6.07, 6.45) is 12.1. The van der Waals surface area contributed by atoms with Crippen molar-refractivity contribution in [2.45, 2.75) is 82.8 Å². The fourth-order valence-corrected chi connectivity index (χ4v) is 6.23. The summed E-state index contributed by atoms with van der Waals surface area (Å²) in [5.74, 6) is 1.09. The smallest absolute Gasteiger partial charge is 0.214 e. The molecule has 2 saturated carbocycles. The van der Waals surface area contributed by atoms with Gasteiger partial charge in [-0.2, -0.15) is 0 Å². The first-order valence-electron chi connectivity index (χ1n) is 12.3. The molecule has 3 aliphatic rings. The summed E-state index contributed by atoms with van der Waals surface area (Å²) in [6, 6.07) is 10.7. The molecule has 3 fully saturated rings. The van der Waals surface area contributed by atoms with Gasteiger partial charge in [0, 0.05) is 5.56 Å². The Morgan fingerprint density at radius 1 is 0.867 bits per heavy atom. The quantitative estimate of drug-likeness (QED) is 0.781. The van der Waals surface area contributed by atoms with Crippen LogP contribution >= 0.6 is 0 Å². The molecule has 1 atom stereocenters. The zero-order valence-corrected chi connectivity index (χ0v) is 18.5. The molecule has 30 heavy (non-hydrogen) atoms. The van der Waals surface area contributed by atoms with Gasteiger partial charge >= 0.3 is 0 Å². The first kappa shape index (κ1) is 20.1. The predicted octanol–water partition coefficient (Wildman–Crippen LogP) is 1.30. The summed E-state index contributed by atoms with van der Waals surface area (Å²) in [7, 11) is 0. The molecular formula is C24H38N6+2. The minimum Gasteiger partial charge on any atom is -0.323 e. The zero-order chi connectivity index (χ0) is 20.3. The highest BCUT2D eigenvalue weighted by Crippen LogP contribution is 2.30. The number of tetrazole rings is 1. The summed E-state index contributed by atoms with van der Waals surface area (Å²) in [5.41, 5.74) is 2.68. The Labute approximate surface area is 180 Å². The molecule has 5 rings (SSSR count). The molecule has 2 N–H and O–H groups in total. The van der Waals surface area contributed by atoms with Gasteiger partial charge in [-0.25, -0.2) is 4.68 Å². The molecule has 0 radical (unpaired) electrons. The van der Waals surface area contributed by atoms with Gasteiger partial charge in [-0.3, -0.25) is 0 Å². The molecule has 6 heteroatoms. The van der Waals surface area contributed by atoms with Crippen LogP contribution < -0.4 is 9.80 Å². The fraction of sp³-hybridized carbons (Fsp3) is 0.708. The Morgan fingerprint density at radius 3 is 2.23 bits per heavy atom. The Kier molecular flexibility index (Phi) is 6.14. The second kappa shape index (κ2) is 9.15. The summed E-state index contributed by atoms with van der Waals surface area (Å²) in [4.78, 5) is 3.50. The van der Waals surface area contributed by atoms with E-state index < -0.39 is 0 Å². The van der Waals surface area contributed by atoms with E-state index in [1.54, 1.807) is 4.90 Å². The number of piperazine rings is 1. The van der Waals surface area contributed by atoms with E-state index in [-0.39, 0.29) is 6.04 Å². The van der Waals surface area contributed by atoms with Crippen molar-refractivity contribution in [2.24, 2.45) is 0 Å². The molecule has 0 spiro atoms. The Bertz CT molecular complexity index is 795. The van der Waals surface area contributed by atoms with Gasteiger partial charge in [0.15, 0.2) is 6.04 Å². The normalized spacial score (nSPS) is 27.4. The highest BCUT2D eigenvalue weighted by atomic mass is 15.6. The number of nitrogens with zero attached hydrogens (tertiary/aromatic N) is 4. The van der Waals surface area contributed by atoms with Crippen molar-refractivity contribution in [1.82, 2.24) is 20.2 Å². The third-order valence-corrected chi connectivity index (χ3v) is 7.98. The number of rotatable bonds is 5. The van der Waals surface area contributed by atoms with E-state index in [2.05, 4.69) is 51.4 Å². The van der Waals surface area contributed by atoms with E-state index in [9.17, 15) is 0 Å². The van der Waals surface area contributed by atoms with Crippen molar-refractivity contribution in [2.75, 3.05) is 26.2 Å². The molecule has 0 amide bonds. The maximum atomic E-state index is 4.64.